The second-order valence-corrected chi connectivity index (χ2v) is 14.4. The van der Waals surface area contributed by atoms with Crippen LogP contribution in [0.5, 0.6) is 11.5 Å². The predicted octanol–water partition coefficient (Wildman–Crippen LogP) is 7.54. The Morgan fingerprint density at radius 3 is 2.67 bits per heavy atom. The van der Waals surface area contributed by atoms with Crippen LogP contribution in [-0.4, -0.2) is 58.8 Å². The molecule has 3 aliphatic rings. The van der Waals surface area contributed by atoms with Crippen molar-refractivity contribution in [2.45, 2.75) is 96.0 Å². The summed E-state index contributed by atoms with van der Waals surface area (Å²) in [6.07, 6.45) is 10.4. The number of hydrogen-bond donors (Lipinski definition) is 2. The van der Waals surface area contributed by atoms with Crippen LogP contribution in [0, 0.1) is 17.3 Å². The number of nitrogens with zero attached hydrogens (tertiary/aromatic N) is 1. The Hall–Kier alpha value is -2.18. The topological polar surface area (TPSA) is 70.0 Å². The number of phenols is 1. The number of aliphatic hydroxyl groups excluding tert-OH is 1. The highest BCUT2D eigenvalue weighted by Gasteiger charge is 2.57. The molecule has 0 spiro atoms. The Balaban J connectivity index is 1.14. The Kier molecular flexibility index (Phi) is 10.5. The maximum Gasteiger partial charge on any atom is 0.232 e. The van der Waals surface area contributed by atoms with Gasteiger partial charge in [0.1, 0.15) is 11.5 Å². The maximum atomic E-state index is 12.1. The summed E-state index contributed by atoms with van der Waals surface area (Å²) < 4.78 is 6.11. The molecular formula is C36H51NO4S. The first-order chi connectivity index (χ1) is 20.3. The first kappa shape index (κ1) is 31.3. The molecule has 0 heterocycles. The van der Waals surface area contributed by atoms with Gasteiger partial charge in [-0.3, -0.25) is 4.79 Å². The minimum absolute atomic E-state index is 0.0357. The van der Waals surface area contributed by atoms with Crippen LogP contribution in [-0.2, 0) is 11.2 Å². The third-order valence-corrected chi connectivity index (χ3v) is 11.7. The molecule has 0 radical (unpaired) electrons. The third-order valence-electron chi connectivity index (χ3n) is 10.7. The average Bonchev–Trinajstić information content (AvgIpc) is 3.30. The Bertz CT molecular complexity index is 1190. The Morgan fingerprint density at radius 1 is 1.07 bits per heavy atom. The van der Waals surface area contributed by atoms with Crippen molar-refractivity contribution < 1.29 is 19.7 Å². The zero-order chi connectivity index (χ0) is 29.7. The molecule has 2 fully saturated rings. The molecule has 0 unspecified atom stereocenters. The molecule has 5 rings (SSSR count). The van der Waals surface area contributed by atoms with Crippen LogP contribution in [0.4, 0.5) is 0 Å². The first-order valence-electron chi connectivity index (χ1n) is 16.4. The highest BCUT2D eigenvalue weighted by Crippen LogP contribution is 2.65. The van der Waals surface area contributed by atoms with Crippen LogP contribution in [0.2, 0.25) is 0 Å². The van der Waals surface area contributed by atoms with Crippen LogP contribution in [0.25, 0.3) is 0 Å². The first-order valence-corrected chi connectivity index (χ1v) is 17.5. The van der Waals surface area contributed by atoms with Crippen molar-refractivity contribution in [2.24, 2.45) is 17.3 Å². The van der Waals surface area contributed by atoms with E-state index in [1.165, 1.54) is 16.7 Å². The number of aliphatic hydroxyl groups is 1. The predicted molar refractivity (Wildman–Crippen MR) is 173 cm³/mol. The van der Waals surface area contributed by atoms with Crippen molar-refractivity contribution in [3.05, 3.63) is 59.2 Å². The van der Waals surface area contributed by atoms with Crippen LogP contribution in [0.3, 0.4) is 0 Å². The number of aromatic hydroxyl groups is 1. The molecule has 6 atom stereocenters. The largest absolute Gasteiger partial charge is 0.508 e. The SMILES string of the molecule is CCCCN(C)C(=O)CSCCCCCOc1ccc([C@H]2C[C@]3(C)[C@@H](O)CC[C@H]3[C@@H]3CCc4cc(O)ccc4[C@H]32)cc1. The number of phenolic OH excluding ortho intramolecular Hbond substituents is 1. The van der Waals surface area contributed by atoms with Gasteiger partial charge in [0.05, 0.1) is 18.5 Å². The van der Waals surface area contributed by atoms with Crippen molar-refractivity contribution in [3.8, 4) is 11.5 Å². The lowest BCUT2D eigenvalue weighted by atomic mass is 9.51. The van der Waals surface area contributed by atoms with Gasteiger partial charge in [-0.2, -0.15) is 11.8 Å². The summed E-state index contributed by atoms with van der Waals surface area (Å²) in [7, 11) is 1.91. The Labute approximate surface area is 257 Å². The van der Waals surface area contributed by atoms with Gasteiger partial charge in [0, 0.05) is 13.6 Å². The van der Waals surface area contributed by atoms with Crippen molar-refractivity contribution in [1.29, 1.82) is 0 Å². The number of carbonyl (C=O) groups is 1. The van der Waals surface area contributed by atoms with Crippen LogP contribution < -0.4 is 4.74 Å². The fourth-order valence-electron chi connectivity index (χ4n) is 8.27. The highest BCUT2D eigenvalue weighted by atomic mass is 32.2. The molecule has 0 aromatic heterocycles. The van der Waals surface area contributed by atoms with Gasteiger partial charge in [0.15, 0.2) is 0 Å². The molecule has 3 aliphatic carbocycles. The van der Waals surface area contributed by atoms with Gasteiger partial charge in [-0.05, 0) is 134 Å². The lowest BCUT2D eigenvalue weighted by molar-refractivity contribution is -0.127. The molecule has 6 heteroatoms. The molecule has 2 aromatic rings. The fourth-order valence-corrected chi connectivity index (χ4v) is 9.21. The van der Waals surface area contributed by atoms with Gasteiger partial charge in [-0.15, -0.1) is 0 Å². The monoisotopic (exact) mass is 593 g/mol. The molecule has 0 bridgehead atoms. The normalized spacial score (nSPS) is 28.0. The quantitative estimate of drug-likeness (QED) is 0.235. The molecular weight excluding hydrogens is 542 g/mol. The standard InChI is InChI=1S/C36H51NO4S/c1-4-5-19-37(3)34(40)24-42-21-8-6-7-20-41-28-13-9-25(10-14-28)31-23-36(2)32(17-18-33(36)39)30-15-11-26-22-27(38)12-16-29(26)35(30)31/h9-10,12-14,16,22,30-33,35,38-39H,4-8,11,15,17-21,23-24H2,1-3H3/t30-,31+,32-,33-,35+,36-/m0/s1. The zero-order valence-electron chi connectivity index (χ0n) is 25.9. The van der Waals surface area contributed by atoms with E-state index in [-0.39, 0.29) is 17.4 Å². The summed E-state index contributed by atoms with van der Waals surface area (Å²) in [6.45, 7) is 6.06. The van der Waals surface area contributed by atoms with E-state index in [4.69, 9.17) is 4.74 Å². The molecule has 5 nitrogen and oxygen atoms in total. The second-order valence-electron chi connectivity index (χ2n) is 13.3. The molecule has 2 saturated carbocycles. The van der Waals surface area contributed by atoms with E-state index < -0.39 is 0 Å². The van der Waals surface area contributed by atoms with Crippen molar-refractivity contribution >= 4 is 17.7 Å². The number of hydrogen-bond acceptors (Lipinski definition) is 5. The number of benzene rings is 2. The molecule has 1 amide bonds. The maximum absolute atomic E-state index is 12.1. The van der Waals surface area contributed by atoms with Crippen LogP contribution >= 0.6 is 11.8 Å². The zero-order valence-corrected chi connectivity index (χ0v) is 26.7. The third kappa shape index (κ3) is 6.80. The molecule has 2 N–H and O–H groups in total. The summed E-state index contributed by atoms with van der Waals surface area (Å²) in [5.41, 5.74) is 4.01. The number of ether oxygens (including phenoxy) is 1. The Morgan fingerprint density at radius 2 is 1.88 bits per heavy atom. The molecule has 0 saturated heterocycles. The number of fused-ring (bicyclic) bond motifs is 5. The van der Waals surface area contributed by atoms with E-state index in [0.717, 1.165) is 82.3 Å². The van der Waals surface area contributed by atoms with E-state index in [1.54, 1.807) is 11.8 Å². The summed E-state index contributed by atoms with van der Waals surface area (Å²) in [5, 5.41) is 21.3. The van der Waals surface area contributed by atoms with Gasteiger partial charge < -0.3 is 19.8 Å². The van der Waals surface area contributed by atoms with Crippen LogP contribution in [0.1, 0.15) is 100 Å². The van der Waals surface area contributed by atoms with Crippen molar-refractivity contribution in [3.63, 3.8) is 0 Å². The number of amides is 1. The second kappa shape index (κ2) is 14.1. The van der Waals surface area contributed by atoms with Gasteiger partial charge in [-0.25, -0.2) is 0 Å². The number of aryl methyl sites for hydroxylation is 1. The van der Waals surface area contributed by atoms with Crippen molar-refractivity contribution in [1.82, 2.24) is 4.90 Å². The average molecular weight is 594 g/mol. The summed E-state index contributed by atoms with van der Waals surface area (Å²) >= 11 is 1.74. The van der Waals surface area contributed by atoms with Gasteiger partial charge in [-0.1, -0.05) is 38.5 Å². The van der Waals surface area contributed by atoms with Crippen molar-refractivity contribution in [2.75, 3.05) is 31.7 Å². The minimum Gasteiger partial charge on any atom is -0.508 e. The number of carbonyl (C=O) groups excluding carboxylic acids is 1. The van der Waals surface area contributed by atoms with Crippen LogP contribution in [0.15, 0.2) is 42.5 Å². The number of unbranched alkanes of at least 4 members (excludes halogenated alkanes) is 3. The lowest BCUT2D eigenvalue weighted by Gasteiger charge is -2.54. The van der Waals surface area contributed by atoms with Gasteiger partial charge in [0.25, 0.3) is 0 Å². The smallest absolute Gasteiger partial charge is 0.232 e. The van der Waals surface area contributed by atoms with E-state index in [0.29, 0.717) is 41.8 Å². The van der Waals surface area contributed by atoms with E-state index >= 15 is 0 Å². The summed E-state index contributed by atoms with van der Waals surface area (Å²) in [5.74, 6) is 5.01. The van der Waals surface area contributed by atoms with E-state index in [2.05, 4.69) is 44.2 Å². The number of thioether (sulfide) groups is 1. The van der Waals surface area contributed by atoms with E-state index in [1.807, 2.05) is 24.1 Å². The highest BCUT2D eigenvalue weighted by molar-refractivity contribution is 7.99. The molecule has 2 aromatic carbocycles. The molecule has 230 valence electrons. The fraction of sp³-hybridized carbons (Fsp3) is 0.639. The van der Waals surface area contributed by atoms with E-state index in [9.17, 15) is 15.0 Å². The summed E-state index contributed by atoms with van der Waals surface area (Å²) in [6, 6.07) is 14.8. The van der Waals surface area contributed by atoms with Gasteiger partial charge in [0.2, 0.25) is 5.91 Å². The molecule has 0 aliphatic heterocycles. The summed E-state index contributed by atoms with van der Waals surface area (Å²) in [4.78, 5) is 14.0. The number of rotatable bonds is 13. The van der Waals surface area contributed by atoms with Gasteiger partial charge >= 0.3 is 0 Å². The molecule has 42 heavy (non-hydrogen) atoms. The lowest BCUT2D eigenvalue weighted by Crippen LogP contribution is -2.47. The minimum atomic E-state index is -0.221.